The van der Waals surface area contributed by atoms with Crippen LogP contribution >= 0.6 is 39.3 Å². The molecule has 0 atom stereocenters. The summed E-state index contributed by atoms with van der Waals surface area (Å²) in [5, 5.41) is 12.4. The van der Waals surface area contributed by atoms with Crippen LogP contribution < -0.4 is 5.32 Å². The summed E-state index contributed by atoms with van der Waals surface area (Å²) in [7, 11) is 0. The summed E-state index contributed by atoms with van der Waals surface area (Å²) in [5.41, 5.74) is 0.554. The molecule has 0 bridgehead atoms. The van der Waals surface area contributed by atoms with E-state index in [1.807, 2.05) is 24.3 Å². The molecule has 98 valence electrons. The second-order valence-corrected chi connectivity index (χ2v) is 5.94. The molecule has 2 N–H and O–H groups in total. The lowest BCUT2D eigenvalue weighted by atomic mass is 10.3. The van der Waals surface area contributed by atoms with Crippen molar-refractivity contribution in [2.75, 3.05) is 5.32 Å². The Morgan fingerprint density at radius 2 is 2.00 bits per heavy atom. The number of aromatic hydroxyl groups is 1. The number of phenols is 1. The van der Waals surface area contributed by atoms with Crippen molar-refractivity contribution in [3.8, 4) is 5.75 Å². The molecule has 0 unspecified atom stereocenters. The minimum absolute atomic E-state index is 0.0207. The summed E-state index contributed by atoms with van der Waals surface area (Å²) in [6.45, 7) is 0. The van der Waals surface area contributed by atoms with Crippen LogP contribution in [0.4, 0.5) is 5.69 Å². The van der Waals surface area contributed by atoms with Crippen LogP contribution in [0.3, 0.4) is 0 Å². The van der Waals surface area contributed by atoms with Gasteiger partial charge in [-0.1, -0.05) is 35.5 Å². The first-order valence-electron chi connectivity index (χ1n) is 5.27. The van der Waals surface area contributed by atoms with Gasteiger partial charge in [0, 0.05) is 14.3 Å². The topological polar surface area (TPSA) is 49.3 Å². The van der Waals surface area contributed by atoms with Crippen LogP contribution in [-0.2, 0) is 4.79 Å². The fourth-order valence-corrected chi connectivity index (χ4v) is 3.09. The lowest BCUT2D eigenvalue weighted by Gasteiger charge is -2.10. The highest BCUT2D eigenvalue weighted by atomic mass is 79.9. The molecule has 2 rings (SSSR count). The maximum atomic E-state index is 10.6. The number of hydrogen-bond donors (Lipinski definition) is 2. The van der Waals surface area contributed by atoms with Crippen molar-refractivity contribution in [1.29, 1.82) is 0 Å². The second kappa shape index (κ2) is 6.32. The van der Waals surface area contributed by atoms with E-state index in [0.29, 0.717) is 17.0 Å². The van der Waals surface area contributed by atoms with Crippen LogP contribution in [0.15, 0.2) is 50.7 Å². The van der Waals surface area contributed by atoms with Gasteiger partial charge in [0.05, 0.1) is 10.7 Å². The molecule has 3 nitrogen and oxygen atoms in total. The SMILES string of the molecule is O=CNc1cc(Cl)c(O)cc1Sc1ccccc1Br. The smallest absolute Gasteiger partial charge is 0.211 e. The summed E-state index contributed by atoms with van der Waals surface area (Å²) in [6.07, 6.45) is 0.576. The fraction of sp³-hybridized carbons (Fsp3) is 0. The highest BCUT2D eigenvalue weighted by Gasteiger charge is 2.10. The third kappa shape index (κ3) is 3.43. The Morgan fingerprint density at radius 3 is 2.68 bits per heavy atom. The quantitative estimate of drug-likeness (QED) is 0.624. The molecule has 0 saturated heterocycles. The van der Waals surface area contributed by atoms with Gasteiger partial charge in [0.2, 0.25) is 6.41 Å². The van der Waals surface area contributed by atoms with Gasteiger partial charge in [-0.25, -0.2) is 0 Å². The molecule has 0 aliphatic carbocycles. The molecule has 0 saturated carbocycles. The molecule has 2 aromatic rings. The maximum Gasteiger partial charge on any atom is 0.211 e. The Labute approximate surface area is 128 Å². The van der Waals surface area contributed by atoms with Crippen LogP contribution in [0.5, 0.6) is 5.75 Å². The Balaban J connectivity index is 2.41. The molecule has 0 fully saturated rings. The fourth-order valence-electron chi connectivity index (χ4n) is 1.45. The average Bonchev–Trinajstić information content (AvgIpc) is 2.38. The minimum atomic E-state index is -0.0207. The highest BCUT2D eigenvalue weighted by Crippen LogP contribution is 2.41. The number of halogens is 2. The van der Waals surface area contributed by atoms with Gasteiger partial charge in [-0.2, -0.15) is 0 Å². The summed E-state index contributed by atoms with van der Waals surface area (Å²) in [5.74, 6) is -0.0207. The number of benzene rings is 2. The van der Waals surface area contributed by atoms with E-state index in [0.717, 1.165) is 9.37 Å². The predicted octanol–water partition coefficient (Wildman–Crippen LogP) is 4.53. The van der Waals surface area contributed by atoms with Gasteiger partial charge in [0.1, 0.15) is 5.75 Å². The first-order chi connectivity index (χ1) is 9.11. The third-order valence-corrected chi connectivity index (χ3v) is 4.71. The number of carbonyl (C=O) groups excluding carboxylic acids is 1. The molecule has 0 aromatic heterocycles. The Bertz CT molecular complexity index is 622. The molecule has 19 heavy (non-hydrogen) atoms. The largest absolute Gasteiger partial charge is 0.506 e. The monoisotopic (exact) mass is 357 g/mol. The predicted molar refractivity (Wildman–Crippen MR) is 81.1 cm³/mol. The molecule has 0 aliphatic rings. The normalized spacial score (nSPS) is 10.2. The van der Waals surface area contributed by atoms with Crippen molar-refractivity contribution in [2.24, 2.45) is 0 Å². The van der Waals surface area contributed by atoms with Crippen LogP contribution in [0.25, 0.3) is 0 Å². The van der Waals surface area contributed by atoms with Gasteiger partial charge >= 0.3 is 0 Å². The Hall–Kier alpha value is -1.17. The molecule has 0 radical (unpaired) electrons. The van der Waals surface area contributed by atoms with E-state index >= 15 is 0 Å². The van der Waals surface area contributed by atoms with Crippen molar-refractivity contribution < 1.29 is 9.90 Å². The first-order valence-corrected chi connectivity index (χ1v) is 7.25. The van der Waals surface area contributed by atoms with E-state index in [4.69, 9.17) is 11.6 Å². The maximum absolute atomic E-state index is 10.6. The summed E-state index contributed by atoms with van der Waals surface area (Å²) in [6, 6.07) is 10.7. The van der Waals surface area contributed by atoms with E-state index in [9.17, 15) is 9.90 Å². The molecule has 0 heterocycles. The van der Waals surface area contributed by atoms with Crippen LogP contribution in [0, 0.1) is 0 Å². The first kappa shape index (κ1) is 14.2. The van der Waals surface area contributed by atoms with Crippen molar-refractivity contribution in [1.82, 2.24) is 0 Å². The standard InChI is InChI=1S/C13H9BrClNO2S/c14-8-3-1-2-4-12(8)19-13-6-11(18)9(15)5-10(13)16-7-17/h1-7,18H,(H,16,17). The number of hydrogen-bond acceptors (Lipinski definition) is 3. The number of anilines is 1. The number of nitrogens with one attached hydrogen (secondary N) is 1. The van der Waals surface area contributed by atoms with Crippen molar-refractivity contribution in [3.63, 3.8) is 0 Å². The molecule has 0 aliphatic heterocycles. The number of rotatable bonds is 4. The van der Waals surface area contributed by atoms with E-state index in [-0.39, 0.29) is 10.8 Å². The van der Waals surface area contributed by atoms with Crippen LogP contribution in [0.2, 0.25) is 5.02 Å². The zero-order valence-electron chi connectivity index (χ0n) is 9.56. The van der Waals surface area contributed by atoms with E-state index in [2.05, 4.69) is 21.2 Å². The zero-order valence-corrected chi connectivity index (χ0v) is 12.7. The lowest BCUT2D eigenvalue weighted by Crippen LogP contribution is -1.95. The summed E-state index contributed by atoms with van der Waals surface area (Å²) >= 11 is 10.7. The van der Waals surface area contributed by atoms with Gasteiger partial charge in [0.25, 0.3) is 0 Å². The zero-order chi connectivity index (χ0) is 13.8. The van der Waals surface area contributed by atoms with Crippen molar-refractivity contribution in [2.45, 2.75) is 9.79 Å². The number of phenolic OH excluding ortho intramolecular Hbond substituents is 1. The number of carbonyl (C=O) groups is 1. The minimum Gasteiger partial charge on any atom is -0.506 e. The second-order valence-electron chi connectivity index (χ2n) is 3.59. The third-order valence-electron chi connectivity index (χ3n) is 2.32. The average molecular weight is 359 g/mol. The Kier molecular flexibility index (Phi) is 4.74. The molecular weight excluding hydrogens is 350 g/mol. The van der Waals surface area contributed by atoms with Gasteiger partial charge in [-0.05, 0) is 40.2 Å². The van der Waals surface area contributed by atoms with Crippen LogP contribution in [-0.4, -0.2) is 11.5 Å². The van der Waals surface area contributed by atoms with Crippen LogP contribution in [0.1, 0.15) is 0 Å². The van der Waals surface area contributed by atoms with E-state index < -0.39 is 0 Å². The van der Waals surface area contributed by atoms with Gasteiger partial charge in [-0.15, -0.1) is 0 Å². The lowest BCUT2D eigenvalue weighted by molar-refractivity contribution is -0.105. The van der Waals surface area contributed by atoms with E-state index in [1.165, 1.54) is 23.9 Å². The molecule has 6 heteroatoms. The molecule has 1 amide bonds. The number of amides is 1. The summed E-state index contributed by atoms with van der Waals surface area (Å²) < 4.78 is 0.937. The van der Waals surface area contributed by atoms with Crippen molar-refractivity contribution >= 4 is 51.4 Å². The summed E-state index contributed by atoms with van der Waals surface area (Å²) in [4.78, 5) is 12.3. The molecule has 2 aromatic carbocycles. The molecular formula is C13H9BrClNO2S. The van der Waals surface area contributed by atoms with E-state index in [1.54, 1.807) is 0 Å². The van der Waals surface area contributed by atoms with Gasteiger partial charge in [0.15, 0.2) is 0 Å². The highest BCUT2D eigenvalue weighted by molar-refractivity contribution is 9.10. The Morgan fingerprint density at radius 1 is 1.26 bits per heavy atom. The van der Waals surface area contributed by atoms with Crippen molar-refractivity contribution in [3.05, 3.63) is 45.9 Å². The van der Waals surface area contributed by atoms with Gasteiger partial charge < -0.3 is 10.4 Å². The molecule has 0 spiro atoms. The van der Waals surface area contributed by atoms with Gasteiger partial charge in [-0.3, -0.25) is 4.79 Å².